The quantitative estimate of drug-likeness (QED) is 0.773. The standard InChI is InChI=1S/C10H14FNO/c1-8(7-13-2)12-10-6-4-3-5-9(10)11/h3-6,8,12H,7H2,1-2H3. The van der Waals surface area contributed by atoms with Gasteiger partial charge in [0, 0.05) is 13.2 Å². The third-order valence-corrected chi connectivity index (χ3v) is 1.69. The summed E-state index contributed by atoms with van der Waals surface area (Å²) in [5, 5.41) is 3.01. The Morgan fingerprint density at radius 2 is 2.15 bits per heavy atom. The van der Waals surface area contributed by atoms with E-state index in [4.69, 9.17) is 4.74 Å². The van der Waals surface area contributed by atoms with Crippen molar-refractivity contribution in [3.63, 3.8) is 0 Å². The molecule has 0 aromatic heterocycles. The van der Waals surface area contributed by atoms with Crippen molar-refractivity contribution in [1.82, 2.24) is 0 Å². The van der Waals surface area contributed by atoms with Crippen molar-refractivity contribution in [2.75, 3.05) is 19.0 Å². The van der Waals surface area contributed by atoms with E-state index in [9.17, 15) is 4.39 Å². The lowest BCUT2D eigenvalue weighted by Crippen LogP contribution is -2.21. The van der Waals surface area contributed by atoms with Gasteiger partial charge in [-0.25, -0.2) is 4.39 Å². The molecule has 72 valence electrons. The zero-order chi connectivity index (χ0) is 9.68. The van der Waals surface area contributed by atoms with Gasteiger partial charge in [-0.05, 0) is 19.1 Å². The van der Waals surface area contributed by atoms with Gasteiger partial charge in [0.2, 0.25) is 0 Å². The van der Waals surface area contributed by atoms with E-state index in [2.05, 4.69) is 5.32 Å². The minimum absolute atomic E-state index is 0.113. The number of para-hydroxylation sites is 1. The molecule has 0 fully saturated rings. The number of nitrogens with one attached hydrogen (secondary N) is 1. The number of halogens is 1. The number of methoxy groups -OCH3 is 1. The third kappa shape index (κ3) is 3.03. The Morgan fingerprint density at radius 1 is 1.46 bits per heavy atom. The van der Waals surface area contributed by atoms with Crippen LogP contribution >= 0.6 is 0 Å². The molecule has 0 saturated carbocycles. The molecule has 1 atom stereocenters. The Balaban J connectivity index is 2.58. The number of benzene rings is 1. The van der Waals surface area contributed by atoms with Crippen LogP contribution in [-0.2, 0) is 4.74 Å². The molecule has 0 bridgehead atoms. The number of ether oxygens (including phenoxy) is 1. The van der Waals surface area contributed by atoms with Crippen LogP contribution in [0.2, 0.25) is 0 Å². The molecule has 1 aromatic rings. The molecule has 0 radical (unpaired) electrons. The minimum Gasteiger partial charge on any atom is -0.383 e. The Labute approximate surface area is 77.7 Å². The molecule has 0 heterocycles. The maximum absolute atomic E-state index is 13.1. The molecule has 1 N–H and O–H groups in total. The zero-order valence-electron chi connectivity index (χ0n) is 7.88. The molecule has 13 heavy (non-hydrogen) atoms. The predicted molar refractivity (Wildman–Crippen MR) is 51.4 cm³/mol. The van der Waals surface area contributed by atoms with Crippen molar-refractivity contribution in [3.05, 3.63) is 30.1 Å². The molecule has 1 rings (SSSR count). The summed E-state index contributed by atoms with van der Waals surface area (Å²) in [6, 6.07) is 6.72. The molecule has 3 heteroatoms. The van der Waals surface area contributed by atoms with Crippen molar-refractivity contribution >= 4 is 5.69 Å². The second kappa shape index (κ2) is 4.82. The van der Waals surface area contributed by atoms with E-state index in [1.807, 2.05) is 6.92 Å². The second-order valence-electron chi connectivity index (χ2n) is 2.98. The molecule has 2 nitrogen and oxygen atoms in total. The summed E-state index contributed by atoms with van der Waals surface area (Å²) in [6.45, 7) is 2.50. The molecule has 0 aliphatic carbocycles. The fraction of sp³-hybridized carbons (Fsp3) is 0.400. The van der Waals surface area contributed by atoms with Crippen LogP contribution in [0.5, 0.6) is 0 Å². The molecule has 0 aliphatic rings. The SMILES string of the molecule is COCC(C)Nc1ccccc1F. The lowest BCUT2D eigenvalue weighted by atomic mass is 10.2. The largest absolute Gasteiger partial charge is 0.383 e. The van der Waals surface area contributed by atoms with Crippen LogP contribution < -0.4 is 5.32 Å². The molecule has 1 aromatic carbocycles. The fourth-order valence-corrected chi connectivity index (χ4v) is 1.14. The van der Waals surface area contributed by atoms with E-state index in [1.165, 1.54) is 6.07 Å². The van der Waals surface area contributed by atoms with Crippen molar-refractivity contribution in [1.29, 1.82) is 0 Å². The van der Waals surface area contributed by atoms with Gasteiger partial charge in [-0.15, -0.1) is 0 Å². The summed E-state index contributed by atoms with van der Waals surface area (Å²) in [5.41, 5.74) is 0.520. The van der Waals surface area contributed by atoms with Crippen LogP contribution in [0.1, 0.15) is 6.92 Å². The molecule has 0 spiro atoms. The summed E-state index contributed by atoms with van der Waals surface area (Å²) < 4.78 is 18.0. The van der Waals surface area contributed by atoms with Gasteiger partial charge < -0.3 is 10.1 Å². The summed E-state index contributed by atoms with van der Waals surface area (Å²) in [7, 11) is 1.62. The molecular weight excluding hydrogens is 169 g/mol. The highest BCUT2D eigenvalue weighted by atomic mass is 19.1. The van der Waals surface area contributed by atoms with Gasteiger partial charge in [0.15, 0.2) is 0 Å². The van der Waals surface area contributed by atoms with Crippen molar-refractivity contribution < 1.29 is 9.13 Å². The van der Waals surface area contributed by atoms with E-state index in [0.717, 1.165) is 0 Å². The van der Waals surface area contributed by atoms with Crippen molar-refractivity contribution in [2.24, 2.45) is 0 Å². The number of rotatable bonds is 4. The average Bonchev–Trinajstić information content (AvgIpc) is 2.09. The van der Waals surface area contributed by atoms with Crippen LogP contribution in [-0.4, -0.2) is 19.8 Å². The van der Waals surface area contributed by atoms with Crippen molar-refractivity contribution in [2.45, 2.75) is 13.0 Å². The smallest absolute Gasteiger partial charge is 0.146 e. The number of hydrogen-bond acceptors (Lipinski definition) is 2. The van der Waals surface area contributed by atoms with Gasteiger partial charge in [-0.3, -0.25) is 0 Å². The Morgan fingerprint density at radius 3 is 2.77 bits per heavy atom. The predicted octanol–water partition coefficient (Wildman–Crippen LogP) is 2.27. The average molecular weight is 183 g/mol. The van der Waals surface area contributed by atoms with E-state index in [1.54, 1.807) is 25.3 Å². The van der Waals surface area contributed by atoms with Gasteiger partial charge in [-0.2, -0.15) is 0 Å². The van der Waals surface area contributed by atoms with Crippen LogP contribution in [0.3, 0.4) is 0 Å². The third-order valence-electron chi connectivity index (χ3n) is 1.69. The van der Waals surface area contributed by atoms with Gasteiger partial charge in [0.25, 0.3) is 0 Å². The summed E-state index contributed by atoms with van der Waals surface area (Å²) in [5.74, 6) is -0.231. The highest BCUT2D eigenvalue weighted by Gasteiger charge is 2.04. The lowest BCUT2D eigenvalue weighted by Gasteiger charge is -2.14. The fourth-order valence-electron chi connectivity index (χ4n) is 1.14. The monoisotopic (exact) mass is 183 g/mol. The van der Waals surface area contributed by atoms with Gasteiger partial charge in [0.1, 0.15) is 5.82 Å². The summed E-state index contributed by atoms with van der Waals surface area (Å²) in [6.07, 6.45) is 0. The maximum Gasteiger partial charge on any atom is 0.146 e. The number of anilines is 1. The number of hydrogen-bond donors (Lipinski definition) is 1. The first-order chi connectivity index (χ1) is 6.24. The second-order valence-corrected chi connectivity index (χ2v) is 2.98. The first-order valence-electron chi connectivity index (χ1n) is 4.24. The van der Waals surface area contributed by atoms with Crippen LogP contribution in [0, 0.1) is 5.82 Å². The maximum atomic E-state index is 13.1. The van der Waals surface area contributed by atoms with Crippen LogP contribution in [0.15, 0.2) is 24.3 Å². The van der Waals surface area contributed by atoms with Gasteiger partial charge in [0.05, 0.1) is 12.3 Å². The minimum atomic E-state index is -0.231. The normalized spacial score (nSPS) is 12.5. The molecule has 1 unspecified atom stereocenters. The molecule has 0 amide bonds. The van der Waals surface area contributed by atoms with Gasteiger partial charge >= 0.3 is 0 Å². The Hall–Kier alpha value is -1.09. The summed E-state index contributed by atoms with van der Waals surface area (Å²) in [4.78, 5) is 0. The van der Waals surface area contributed by atoms with Crippen molar-refractivity contribution in [3.8, 4) is 0 Å². The van der Waals surface area contributed by atoms with E-state index >= 15 is 0 Å². The molecule has 0 aliphatic heterocycles. The van der Waals surface area contributed by atoms with Crippen LogP contribution in [0.25, 0.3) is 0 Å². The first-order valence-corrected chi connectivity index (χ1v) is 4.24. The summed E-state index contributed by atoms with van der Waals surface area (Å²) >= 11 is 0. The van der Waals surface area contributed by atoms with Gasteiger partial charge in [-0.1, -0.05) is 12.1 Å². The molecular formula is C10H14FNO. The highest BCUT2D eigenvalue weighted by molar-refractivity contribution is 5.44. The van der Waals surface area contributed by atoms with E-state index in [-0.39, 0.29) is 11.9 Å². The lowest BCUT2D eigenvalue weighted by molar-refractivity contribution is 0.190. The topological polar surface area (TPSA) is 21.3 Å². The van der Waals surface area contributed by atoms with E-state index in [0.29, 0.717) is 12.3 Å². The molecule has 0 saturated heterocycles. The first kappa shape index (κ1) is 9.99. The Kier molecular flexibility index (Phi) is 3.71. The highest BCUT2D eigenvalue weighted by Crippen LogP contribution is 2.13. The Bertz CT molecular complexity index is 265. The van der Waals surface area contributed by atoms with E-state index < -0.39 is 0 Å². The zero-order valence-corrected chi connectivity index (χ0v) is 7.88. The van der Waals surface area contributed by atoms with Crippen LogP contribution in [0.4, 0.5) is 10.1 Å².